The van der Waals surface area contributed by atoms with Crippen molar-refractivity contribution < 1.29 is 9.53 Å². The van der Waals surface area contributed by atoms with Gasteiger partial charge in [-0.25, -0.2) is 4.79 Å². The first-order valence-electron chi connectivity index (χ1n) is 7.15. The van der Waals surface area contributed by atoms with Crippen molar-refractivity contribution in [3.05, 3.63) is 63.4 Å². The van der Waals surface area contributed by atoms with Crippen molar-refractivity contribution in [2.24, 2.45) is 4.99 Å². The van der Waals surface area contributed by atoms with E-state index in [1.165, 1.54) is 22.4 Å². The number of rotatable bonds is 3. The second-order valence-electron chi connectivity index (χ2n) is 5.20. The number of aryl methyl sites for hydroxylation is 1. The molecule has 1 atom stereocenters. The summed E-state index contributed by atoms with van der Waals surface area (Å²) in [5.41, 5.74) is 2.95. The molecule has 0 amide bonds. The number of hydrogen-bond acceptors (Lipinski definition) is 4. The first kappa shape index (κ1) is 14.7. The number of ether oxygens (including phenoxy) is 1. The van der Waals surface area contributed by atoms with Crippen LogP contribution in [0.5, 0.6) is 0 Å². The van der Waals surface area contributed by atoms with Gasteiger partial charge in [0.1, 0.15) is 0 Å². The van der Waals surface area contributed by atoms with Crippen molar-refractivity contribution in [2.75, 3.05) is 7.11 Å². The summed E-state index contributed by atoms with van der Waals surface area (Å²) in [5.74, 6) is -0.316. The van der Waals surface area contributed by atoms with Gasteiger partial charge < -0.3 is 4.74 Å². The average Bonchev–Trinajstić information content (AvgIpc) is 3.01. The normalized spacial score (nSPS) is 17.2. The summed E-state index contributed by atoms with van der Waals surface area (Å²) in [6, 6.07) is 11.8. The van der Waals surface area contributed by atoms with E-state index < -0.39 is 0 Å². The van der Waals surface area contributed by atoms with Crippen molar-refractivity contribution >= 4 is 29.1 Å². The minimum Gasteiger partial charge on any atom is -0.465 e. The second kappa shape index (κ2) is 6.28. The van der Waals surface area contributed by atoms with Crippen LogP contribution in [0.25, 0.3) is 5.57 Å². The quantitative estimate of drug-likeness (QED) is 0.786. The predicted octanol–water partition coefficient (Wildman–Crippen LogP) is 4.44. The Morgan fingerprint density at radius 3 is 2.64 bits per heavy atom. The highest BCUT2D eigenvalue weighted by atomic mass is 32.1. The van der Waals surface area contributed by atoms with Crippen LogP contribution in [-0.2, 0) is 4.74 Å². The molecule has 112 valence electrons. The number of benzene rings is 1. The summed E-state index contributed by atoms with van der Waals surface area (Å²) in [6.07, 6.45) is 5.05. The van der Waals surface area contributed by atoms with E-state index in [1.807, 2.05) is 29.7 Å². The van der Waals surface area contributed by atoms with Gasteiger partial charge in [0, 0.05) is 22.4 Å². The maximum atomic E-state index is 11.5. The van der Waals surface area contributed by atoms with Crippen LogP contribution < -0.4 is 0 Å². The van der Waals surface area contributed by atoms with Gasteiger partial charge in [-0.1, -0.05) is 18.2 Å². The lowest BCUT2D eigenvalue weighted by atomic mass is 9.99. The number of allylic oxidation sites excluding steroid dienone is 1. The molecule has 0 aliphatic carbocycles. The molecule has 4 heteroatoms. The molecule has 1 aliphatic rings. The third-order valence-corrected chi connectivity index (χ3v) is 4.74. The number of dihydropyridines is 1. The van der Waals surface area contributed by atoms with Crippen molar-refractivity contribution in [2.45, 2.75) is 19.4 Å². The van der Waals surface area contributed by atoms with Crippen molar-refractivity contribution in [3.63, 3.8) is 0 Å². The molecule has 1 aliphatic heterocycles. The molecule has 1 aromatic heterocycles. The average molecular weight is 311 g/mol. The van der Waals surface area contributed by atoms with Gasteiger partial charge in [-0.3, -0.25) is 4.99 Å². The van der Waals surface area contributed by atoms with Crippen molar-refractivity contribution in [1.82, 2.24) is 0 Å². The van der Waals surface area contributed by atoms with E-state index in [0.29, 0.717) is 5.56 Å². The van der Waals surface area contributed by atoms with E-state index >= 15 is 0 Å². The van der Waals surface area contributed by atoms with E-state index in [-0.39, 0.29) is 12.0 Å². The molecule has 0 unspecified atom stereocenters. The van der Waals surface area contributed by atoms with Crippen LogP contribution in [0, 0.1) is 6.92 Å². The lowest BCUT2D eigenvalue weighted by Gasteiger charge is -2.15. The van der Waals surface area contributed by atoms with E-state index in [4.69, 9.17) is 4.74 Å². The predicted molar refractivity (Wildman–Crippen MR) is 90.7 cm³/mol. The van der Waals surface area contributed by atoms with Gasteiger partial charge in [-0.2, -0.15) is 0 Å². The molecule has 0 N–H and O–H groups in total. The maximum Gasteiger partial charge on any atom is 0.337 e. The SMILES string of the molecule is COC(=O)c1ccc([C@@H]2C=C(c3ccc(C)s3)CC=N2)cc1. The molecule has 3 nitrogen and oxygen atoms in total. The Morgan fingerprint density at radius 2 is 2.00 bits per heavy atom. The fourth-order valence-corrected chi connectivity index (χ4v) is 3.37. The highest BCUT2D eigenvalue weighted by Gasteiger charge is 2.15. The highest BCUT2D eigenvalue weighted by Crippen LogP contribution is 2.32. The molecule has 22 heavy (non-hydrogen) atoms. The summed E-state index contributed by atoms with van der Waals surface area (Å²) < 4.78 is 4.72. The third kappa shape index (κ3) is 3.02. The highest BCUT2D eigenvalue weighted by molar-refractivity contribution is 7.13. The van der Waals surface area contributed by atoms with Crippen LogP contribution in [0.1, 0.15) is 38.1 Å². The number of thiophene rings is 1. The molecule has 1 aromatic carbocycles. The standard InChI is InChI=1S/C18H17NO2S/c1-12-3-8-17(22-12)15-9-10-19-16(11-15)13-4-6-14(7-5-13)18(20)21-2/h3-8,10-11,16H,9H2,1-2H3/t16-/m0/s1. The number of carbonyl (C=O) groups excluding carboxylic acids is 1. The fraction of sp³-hybridized carbons (Fsp3) is 0.222. The molecule has 0 saturated heterocycles. The van der Waals surface area contributed by atoms with Gasteiger partial charge in [0.15, 0.2) is 0 Å². The monoisotopic (exact) mass is 311 g/mol. The fourth-order valence-electron chi connectivity index (χ4n) is 2.47. The van der Waals surface area contributed by atoms with Crippen LogP contribution in [0.4, 0.5) is 0 Å². The summed E-state index contributed by atoms with van der Waals surface area (Å²) in [4.78, 5) is 18.7. The minimum atomic E-state index is -0.316. The number of esters is 1. The summed E-state index contributed by atoms with van der Waals surface area (Å²) in [6.45, 7) is 2.12. The van der Waals surface area contributed by atoms with Crippen LogP contribution in [0.2, 0.25) is 0 Å². The van der Waals surface area contributed by atoms with Crippen LogP contribution in [0.15, 0.2) is 47.5 Å². The minimum absolute atomic E-state index is 0.0119. The number of hydrogen-bond donors (Lipinski definition) is 0. The molecule has 3 rings (SSSR count). The van der Waals surface area contributed by atoms with Crippen LogP contribution in [-0.4, -0.2) is 19.3 Å². The zero-order valence-corrected chi connectivity index (χ0v) is 13.4. The Balaban J connectivity index is 1.85. The van der Waals surface area contributed by atoms with Crippen LogP contribution in [0.3, 0.4) is 0 Å². The summed E-state index contributed by atoms with van der Waals surface area (Å²) >= 11 is 1.81. The van der Waals surface area contributed by atoms with E-state index in [2.05, 4.69) is 30.1 Å². The Bertz CT molecular complexity index is 741. The lowest BCUT2D eigenvalue weighted by Crippen LogP contribution is -2.03. The number of nitrogens with zero attached hydrogens (tertiary/aromatic N) is 1. The van der Waals surface area contributed by atoms with Gasteiger partial charge >= 0.3 is 5.97 Å². The van der Waals surface area contributed by atoms with Gasteiger partial charge in [0.2, 0.25) is 0 Å². The van der Waals surface area contributed by atoms with E-state index in [0.717, 1.165) is 12.0 Å². The number of methoxy groups -OCH3 is 1. The molecule has 0 spiro atoms. The molecule has 2 aromatic rings. The zero-order chi connectivity index (χ0) is 15.5. The number of aliphatic imine (C=N–C) groups is 1. The molecule has 0 fully saturated rings. The largest absolute Gasteiger partial charge is 0.465 e. The molecular formula is C18H17NO2S. The molecule has 0 bridgehead atoms. The number of carbonyl (C=O) groups is 1. The van der Waals surface area contributed by atoms with E-state index in [1.54, 1.807) is 12.1 Å². The van der Waals surface area contributed by atoms with Gasteiger partial charge in [0.05, 0.1) is 18.7 Å². The van der Waals surface area contributed by atoms with Crippen LogP contribution >= 0.6 is 11.3 Å². The second-order valence-corrected chi connectivity index (χ2v) is 6.48. The van der Waals surface area contributed by atoms with Gasteiger partial charge in [-0.05, 0) is 42.3 Å². The molecule has 0 saturated carbocycles. The Morgan fingerprint density at radius 1 is 1.23 bits per heavy atom. The molecule has 0 radical (unpaired) electrons. The lowest BCUT2D eigenvalue weighted by molar-refractivity contribution is 0.0600. The summed E-state index contributed by atoms with van der Waals surface area (Å²) in [5, 5.41) is 0. The smallest absolute Gasteiger partial charge is 0.337 e. The van der Waals surface area contributed by atoms with E-state index in [9.17, 15) is 4.79 Å². The first-order valence-corrected chi connectivity index (χ1v) is 7.96. The Kier molecular flexibility index (Phi) is 4.20. The maximum absolute atomic E-state index is 11.5. The molecular weight excluding hydrogens is 294 g/mol. The van der Waals surface area contributed by atoms with Gasteiger partial charge in [-0.15, -0.1) is 11.3 Å². The zero-order valence-electron chi connectivity index (χ0n) is 12.6. The van der Waals surface area contributed by atoms with Gasteiger partial charge in [0.25, 0.3) is 0 Å². The topological polar surface area (TPSA) is 38.7 Å². The molecule has 2 heterocycles. The Hall–Kier alpha value is -2.20. The Labute approximate surface area is 134 Å². The summed E-state index contributed by atoms with van der Waals surface area (Å²) in [7, 11) is 1.39. The first-order chi connectivity index (χ1) is 10.7. The van der Waals surface area contributed by atoms with Crippen molar-refractivity contribution in [3.8, 4) is 0 Å². The van der Waals surface area contributed by atoms with Crippen molar-refractivity contribution in [1.29, 1.82) is 0 Å². The third-order valence-electron chi connectivity index (χ3n) is 3.67.